The van der Waals surface area contributed by atoms with Gasteiger partial charge in [0.15, 0.2) is 23.0 Å². The van der Waals surface area contributed by atoms with Gasteiger partial charge in [-0.3, -0.25) is 9.80 Å². The number of oxime groups is 2. The lowest BCUT2D eigenvalue weighted by molar-refractivity contribution is 0.0501. The monoisotopic (exact) mass is 750 g/mol. The van der Waals surface area contributed by atoms with E-state index in [1.54, 1.807) is 24.3 Å². The number of halogens is 1. The Morgan fingerprint density at radius 2 is 0.808 bits per heavy atom. The predicted octanol–water partition coefficient (Wildman–Crippen LogP) is 4.56. The molecule has 4 fully saturated rings. The number of hydrogen-bond acceptors (Lipinski definition) is 14. The molecule has 0 aliphatic carbocycles. The molecule has 2 N–H and O–H groups in total. The van der Waals surface area contributed by atoms with Gasteiger partial charge in [-0.2, -0.15) is 0 Å². The molecule has 288 valence electrons. The van der Waals surface area contributed by atoms with Gasteiger partial charge in [0.05, 0.1) is 65.2 Å². The van der Waals surface area contributed by atoms with Crippen LogP contribution in [0.3, 0.4) is 0 Å². The van der Waals surface area contributed by atoms with E-state index in [1.165, 1.54) is 68.3 Å². The van der Waals surface area contributed by atoms with Gasteiger partial charge in [0.25, 0.3) is 0 Å². The zero-order valence-electron chi connectivity index (χ0n) is 31.1. The van der Waals surface area contributed by atoms with E-state index in [4.69, 9.17) is 38.1 Å². The Morgan fingerprint density at radius 3 is 1.04 bits per heavy atom. The smallest absolute Gasteiger partial charge is 0.365 e. The van der Waals surface area contributed by atoms with Crippen molar-refractivity contribution >= 4 is 35.8 Å². The third kappa shape index (κ3) is 9.18. The molecule has 0 aromatic heterocycles. The number of nitrogens with zero attached hydrogens (tertiary/aromatic N) is 4. The summed E-state index contributed by atoms with van der Waals surface area (Å²) in [7, 11) is 13.3. The van der Waals surface area contributed by atoms with Crippen LogP contribution in [0.5, 0.6) is 34.5 Å². The molecule has 4 saturated heterocycles. The average Bonchev–Trinajstić information content (AvgIpc) is 3.45. The van der Waals surface area contributed by atoms with E-state index in [9.17, 15) is 9.59 Å². The van der Waals surface area contributed by atoms with Crippen LogP contribution in [0.4, 0.5) is 0 Å². The van der Waals surface area contributed by atoms with E-state index < -0.39 is 11.9 Å². The van der Waals surface area contributed by atoms with Crippen LogP contribution in [-0.2, 0) is 9.68 Å². The molecule has 4 aliphatic heterocycles. The second-order valence-electron chi connectivity index (χ2n) is 12.8. The van der Waals surface area contributed by atoms with E-state index >= 15 is 0 Å². The summed E-state index contributed by atoms with van der Waals surface area (Å²) in [6, 6.07) is 8.28. The number of piperidine rings is 2. The minimum atomic E-state index is -0.543. The van der Waals surface area contributed by atoms with Gasteiger partial charge in [-0.1, -0.05) is 10.3 Å². The van der Waals surface area contributed by atoms with Crippen LogP contribution in [0.25, 0.3) is 0 Å². The van der Waals surface area contributed by atoms with Gasteiger partial charge in [-0.15, -0.1) is 12.4 Å². The van der Waals surface area contributed by atoms with Gasteiger partial charge >= 0.3 is 11.9 Å². The van der Waals surface area contributed by atoms with E-state index in [1.807, 2.05) is 0 Å². The van der Waals surface area contributed by atoms with Crippen LogP contribution in [0.1, 0.15) is 72.1 Å². The molecule has 4 heterocycles. The van der Waals surface area contributed by atoms with Gasteiger partial charge in [-0.05, 0) is 64.0 Å². The maximum absolute atomic E-state index is 12.4. The fraction of sp³-hybridized carbons (Fsp3) is 0.556. The fourth-order valence-corrected chi connectivity index (χ4v) is 7.28. The summed E-state index contributed by atoms with van der Waals surface area (Å²) in [5.41, 5.74) is 2.50. The molecule has 16 heteroatoms. The summed E-state index contributed by atoms with van der Waals surface area (Å²) in [5, 5.41) is 8.23. The van der Waals surface area contributed by atoms with E-state index in [-0.39, 0.29) is 17.9 Å². The third-order valence-corrected chi connectivity index (χ3v) is 10.2. The first-order valence-electron chi connectivity index (χ1n) is 16.7. The molecule has 2 aromatic rings. The van der Waals surface area contributed by atoms with Crippen LogP contribution in [0.2, 0.25) is 0 Å². The minimum Gasteiger partial charge on any atom is -0.493 e. The molecule has 15 nitrogen and oxygen atoms in total. The molecule has 6 rings (SSSR count). The maximum atomic E-state index is 12.4. The summed E-state index contributed by atoms with van der Waals surface area (Å²) >= 11 is 0. The Bertz CT molecular complexity index is 1420. The summed E-state index contributed by atoms with van der Waals surface area (Å²) < 4.78 is 31.5. The zero-order chi connectivity index (χ0) is 35.9. The van der Waals surface area contributed by atoms with E-state index in [2.05, 4.69) is 34.2 Å². The maximum Gasteiger partial charge on any atom is 0.365 e. The summed E-state index contributed by atoms with van der Waals surface area (Å²) in [5.74, 6) is 1.38. The second kappa shape index (κ2) is 19.0. The molecule has 0 amide bonds. The van der Waals surface area contributed by atoms with Gasteiger partial charge in [0.1, 0.15) is 0 Å². The van der Waals surface area contributed by atoms with Gasteiger partial charge in [0.2, 0.25) is 11.5 Å². The predicted molar refractivity (Wildman–Crippen MR) is 196 cm³/mol. The summed E-state index contributed by atoms with van der Waals surface area (Å²) in [4.78, 5) is 39.9. The third-order valence-electron chi connectivity index (χ3n) is 10.2. The number of methoxy groups -OCH3 is 6. The highest BCUT2D eigenvalue weighted by molar-refractivity contribution is 5.93. The molecule has 4 unspecified atom stereocenters. The topological polar surface area (TPSA) is 171 Å². The van der Waals surface area contributed by atoms with Crippen molar-refractivity contribution in [1.29, 1.82) is 0 Å². The van der Waals surface area contributed by atoms with E-state index in [0.29, 0.717) is 69.8 Å². The highest BCUT2D eigenvalue weighted by atomic mass is 35.5. The number of benzene rings is 2. The zero-order valence-corrected chi connectivity index (χ0v) is 31.9. The Kier molecular flexibility index (Phi) is 15.4. The number of ether oxygens (including phenoxy) is 6. The normalized spacial score (nSPS) is 21.6. The first-order valence-corrected chi connectivity index (χ1v) is 16.7. The van der Waals surface area contributed by atoms with Crippen LogP contribution in [0, 0.1) is 0 Å². The molecule has 4 bridgehead atoms. The lowest BCUT2D eigenvalue weighted by Crippen LogP contribution is -2.40. The van der Waals surface area contributed by atoms with Crippen molar-refractivity contribution in [3.63, 3.8) is 0 Å². The van der Waals surface area contributed by atoms with Crippen molar-refractivity contribution in [2.75, 3.05) is 56.8 Å². The molecule has 2 aromatic carbocycles. The lowest BCUT2D eigenvalue weighted by atomic mass is 10.0. The van der Waals surface area contributed by atoms with Crippen LogP contribution in [-0.4, -0.2) is 120 Å². The SMILES string of the molecule is COc1cc(C(=O)ON=C2CC3CCC(C2)N3C)cc(OC)c1OC.COc1cc(C(=O)ON=C2CC3CCC(C2)N3C)cc(OC)c1OC.Cl.O. The van der Waals surface area contributed by atoms with Crippen LogP contribution >= 0.6 is 12.4 Å². The Hall–Kier alpha value is -4.31. The molecular formula is C36H51ClN4O11. The number of rotatable bonds is 10. The van der Waals surface area contributed by atoms with Gasteiger partial charge in [0, 0.05) is 49.9 Å². The Morgan fingerprint density at radius 1 is 0.538 bits per heavy atom. The molecule has 0 radical (unpaired) electrons. The average molecular weight is 751 g/mol. The molecular weight excluding hydrogens is 700 g/mol. The molecule has 0 spiro atoms. The van der Waals surface area contributed by atoms with Crippen LogP contribution < -0.4 is 28.4 Å². The number of hydrogen-bond donors (Lipinski definition) is 0. The quantitative estimate of drug-likeness (QED) is 0.245. The molecule has 4 atom stereocenters. The summed E-state index contributed by atoms with van der Waals surface area (Å²) in [6.45, 7) is 0. The highest BCUT2D eigenvalue weighted by Gasteiger charge is 2.38. The van der Waals surface area contributed by atoms with Crippen molar-refractivity contribution in [2.45, 2.75) is 75.5 Å². The highest BCUT2D eigenvalue weighted by Crippen LogP contribution is 2.40. The molecule has 0 saturated carbocycles. The lowest BCUT2D eigenvalue weighted by Gasteiger charge is -2.31. The molecule has 52 heavy (non-hydrogen) atoms. The van der Waals surface area contributed by atoms with Gasteiger partial charge in [-0.25, -0.2) is 9.59 Å². The summed E-state index contributed by atoms with van der Waals surface area (Å²) in [6.07, 6.45) is 8.15. The van der Waals surface area contributed by atoms with Crippen molar-refractivity contribution in [1.82, 2.24) is 9.80 Å². The van der Waals surface area contributed by atoms with Crippen molar-refractivity contribution in [3.8, 4) is 34.5 Å². The fourth-order valence-electron chi connectivity index (χ4n) is 7.28. The minimum absolute atomic E-state index is 0. The number of carbonyl (C=O) groups is 2. The number of fused-ring (bicyclic) bond motifs is 4. The van der Waals surface area contributed by atoms with Crippen LogP contribution in [0.15, 0.2) is 34.6 Å². The van der Waals surface area contributed by atoms with Gasteiger partial charge < -0.3 is 43.6 Å². The number of carbonyl (C=O) groups excluding carboxylic acids is 2. The first kappa shape index (κ1) is 42.1. The first-order chi connectivity index (χ1) is 24.1. The van der Waals surface area contributed by atoms with Crippen molar-refractivity contribution in [2.24, 2.45) is 10.3 Å². The Labute approximate surface area is 310 Å². The van der Waals surface area contributed by atoms with E-state index in [0.717, 1.165) is 37.1 Å². The second-order valence-corrected chi connectivity index (χ2v) is 12.8. The van der Waals surface area contributed by atoms with Crippen molar-refractivity contribution in [3.05, 3.63) is 35.4 Å². The largest absolute Gasteiger partial charge is 0.493 e. The molecule has 4 aliphatic rings. The Balaban J connectivity index is 0.000000270. The standard InChI is InChI=1S/2C18H24N2O5.ClH.H2O/c2*1-20-13-5-6-14(20)10-12(9-13)19-25-18(21)11-7-15(22-2)17(24-4)16(8-11)23-3;;/h2*7-8,13-14H,5-6,9-10H2,1-4H3;1H;1H2. The van der Waals surface area contributed by atoms with Crippen molar-refractivity contribution < 1.29 is 53.2 Å².